The highest BCUT2D eigenvalue weighted by Gasteiger charge is 2.21. The molecule has 0 atom stereocenters. The number of benzene rings is 1. The summed E-state index contributed by atoms with van der Waals surface area (Å²) in [5.74, 6) is -1.91. The van der Waals surface area contributed by atoms with Gasteiger partial charge in [-0.05, 0) is 31.5 Å². The molecule has 0 aliphatic rings. The van der Waals surface area contributed by atoms with Gasteiger partial charge in [-0.15, -0.1) is 0 Å². The molecule has 0 unspecified atom stereocenters. The lowest BCUT2D eigenvalue weighted by Crippen LogP contribution is -2.25. The van der Waals surface area contributed by atoms with Crippen LogP contribution in [0.4, 0.5) is 0 Å². The minimum atomic E-state index is -3.97. The van der Waals surface area contributed by atoms with Gasteiger partial charge in [-0.2, -0.15) is 0 Å². The lowest BCUT2D eigenvalue weighted by molar-refractivity contribution is 0.0693. The topological polar surface area (TPSA) is 113 Å². The van der Waals surface area contributed by atoms with E-state index in [1.54, 1.807) is 6.92 Å². The molecule has 18 heavy (non-hydrogen) atoms. The molecule has 0 amide bonds. The quantitative estimate of drug-likeness (QED) is 0.679. The van der Waals surface area contributed by atoms with Crippen LogP contribution in [0, 0.1) is 6.92 Å². The molecule has 0 fully saturated rings. The van der Waals surface area contributed by atoms with Crippen molar-refractivity contribution in [1.82, 2.24) is 4.89 Å². The van der Waals surface area contributed by atoms with Crippen molar-refractivity contribution in [1.29, 1.82) is 0 Å². The highest BCUT2D eigenvalue weighted by molar-refractivity contribution is 7.89. The monoisotopic (exact) mass is 275 g/mol. The molecule has 0 saturated carbocycles. The average molecular weight is 275 g/mol. The van der Waals surface area contributed by atoms with Crippen LogP contribution in [0.3, 0.4) is 0 Å². The molecule has 0 saturated heterocycles. The van der Waals surface area contributed by atoms with Gasteiger partial charge in [0, 0.05) is 0 Å². The van der Waals surface area contributed by atoms with Gasteiger partial charge in [0.1, 0.15) is 11.3 Å². The second kappa shape index (κ2) is 5.34. The van der Waals surface area contributed by atoms with E-state index in [-0.39, 0.29) is 17.1 Å². The minimum Gasteiger partial charge on any atom is -0.507 e. The molecule has 100 valence electrons. The Morgan fingerprint density at radius 3 is 2.56 bits per heavy atom. The van der Waals surface area contributed by atoms with Crippen molar-refractivity contribution in [3.63, 3.8) is 0 Å². The minimum absolute atomic E-state index is 0.127. The zero-order valence-electron chi connectivity index (χ0n) is 9.80. The Bertz CT molecular complexity index is 566. The predicted molar refractivity (Wildman–Crippen MR) is 61.8 cm³/mol. The van der Waals surface area contributed by atoms with Crippen molar-refractivity contribution in [2.75, 3.05) is 6.61 Å². The number of aromatic hydroxyl groups is 1. The fourth-order valence-electron chi connectivity index (χ4n) is 1.32. The van der Waals surface area contributed by atoms with Crippen LogP contribution < -0.4 is 4.89 Å². The molecule has 0 heterocycles. The number of nitrogens with one attached hydrogen (secondary N) is 1. The van der Waals surface area contributed by atoms with Crippen molar-refractivity contribution in [2.45, 2.75) is 18.7 Å². The first-order chi connectivity index (χ1) is 8.29. The molecule has 8 heteroatoms. The largest absolute Gasteiger partial charge is 0.507 e. The Labute approximate surface area is 104 Å². The van der Waals surface area contributed by atoms with Gasteiger partial charge in [0.05, 0.1) is 11.5 Å². The third-order valence-corrected chi connectivity index (χ3v) is 3.48. The van der Waals surface area contributed by atoms with Crippen LogP contribution in [0.5, 0.6) is 5.75 Å². The number of aromatic carboxylic acids is 1. The van der Waals surface area contributed by atoms with Crippen molar-refractivity contribution >= 4 is 16.0 Å². The number of aryl methyl sites for hydroxylation is 1. The lowest BCUT2D eigenvalue weighted by atomic mass is 10.1. The van der Waals surface area contributed by atoms with E-state index in [0.29, 0.717) is 0 Å². The highest BCUT2D eigenvalue weighted by atomic mass is 32.2. The predicted octanol–water partition coefficient (Wildman–Crippen LogP) is 0.629. The van der Waals surface area contributed by atoms with Gasteiger partial charge < -0.3 is 10.2 Å². The number of carboxylic acid groups (broad SMARTS) is 1. The summed E-state index contributed by atoms with van der Waals surface area (Å²) in [6, 6.07) is 1.96. The molecule has 1 rings (SSSR count). The normalized spacial score (nSPS) is 11.4. The number of hydrogen-bond acceptors (Lipinski definition) is 5. The van der Waals surface area contributed by atoms with Crippen LogP contribution in [0.25, 0.3) is 0 Å². The van der Waals surface area contributed by atoms with Crippen LogP contribution in [0.1, 0.15) is 22.8 Å². The molecule has 0 spiro atoms. The summed E-state index contributed by atoms with van der Waals surface area (Å²) in [5.41, 5.74) is -0.276. The summed E-state index contributed by atoms with van der Waals surface area (Å²) in [6.07, 6.45) is 0. The summed E-state index contributed by atoms with van der Waals surface area (Å²) < 4.78 is 23.6. The van der Waals surface area contributed by atoms with Gasteiger partial charge in [-0.1, -0.05) is 4.89 Å². The number of hydrogen-bond donors (Lipinski definition) is 3. The number of phenols is 1. The van der Waals surface area contributed by atoms with Gasteiger partial charge in [0.15, 0.2) is 0 Å². The lowest BCUT2D eigenvalue weighted by Gasteiger charge is -2.10. The Hall–Kier alpha value is -1.64. The summed E-state index contributed by atoms with van der Waals surface area (Å²) in [4.78, 5) is 17.0. The number of sulfonamides is 1. The van der Waals surface area contributed by atoms with E-state index in [4.69, 9.17) is 5.11 Å². The first kappa shape index (κ1) is 14.4. The van der Waals surface area contributed by atoms with E-state index >= 15 is 0 Å². The number of carboxylic acids is 1. The SMILES string of the molecule is CCONS(=O)(=O)c1cc(C(=O)O)c(O)cc1C. The maximum atomic E-state index is 11.8. The van der Waals surface area contributed by atoms with Crippen LogP contribution in [0.2, 0.25) is 0 Å². The molecular weight excluding hydrogens is 262 g/mol. The van der Waals surface area contributed by atoms with E-state index in [2.05, 4.69) is 4.84 Å². The molecule has 0 aliphatic heterocycles. The van der Waals surface area contributed by atoms with Crippen LogP contribution >= 0.6 is 0 Å². The van der Waals surface area contributed by atoms with Crippen molar-refractivity contribution in [3.8, 4) is 5.75 Å². The summed E-state index contributed by atoms with van der Waals surface area (Å²) in [5, 5.41) is 18.2. The standard InChI is InChI=1S/C10H13NO6S/c1-3-17-11-18(15,16)9-5-7(10(13)14)8(12)4-6(9)2/h4-5,11-12H,3H2,1-2H3,(H,13,14). The summed E-state index contributed by atoms with van der Waals surface area (Å²) in [7, 11) is -3.97. The van der Waals surface area contributed by atoms with Crippen molar-refractivity contribution in [3.05, 3.63) is 23.3 Å². The van der Waals surface area contributed by atoms with E-state index in [1.807, 2.05) is 4.89 Å². The van der Waals surface area contributed by atoms with Gasteiger partial charge >= 0.3 is 5.97 Å². The first-order valence-electron chi connectivity index (χ1n) is 5.00. The summed E-state index contributed by atoms with van der Waals surface area (Å²) in [6.45, 7) is 3.16. The zero-order chi connectivity index (χ0) is 13.9. The van der Waals surface area contributed by atoms with Crippen LogP contribution in [0.15, 0.2) is 17.0 Å². The third-order valence-electron chi connectivity index (χ3n) is 2.13. The van der Waals surface area contributed by atoms with Crippen molar-refractivity contribution in [2.24, 2.45) is 0 Å². The average Bonchev–Trinajstić information content (AvgIpc) is 2.25. The van der Waals surface area contributed by atoms with E-state index in [9.17, 15) is 18.3 Å². The van der Waals surface area contributed by atoms with Gasteiger partial charge in [-0.25, -0.2) is 13.2 Å². The fraction of sp³-hybridized carbons (Fsp3) is 0.300. The van der Waals surface area contributed by atoms with Gasteiger partial charge in [0.2, 0.25) is 0 Å². The van der Waals surface area contributed by atoms with Gasteiger partial charge in [0.25, 0.3) is 10.0 Å². The van der Waals surface area contributed by atoms with E-state index in [0.717, 1.165) is 12.1 Å². The molecule has 0 aromatic heterocycles. The molecule has 1 aromatic rings. The van der Waals surface area contributed by atoms with Gasteiger partial charge in [-0.3, -0.25) is 4.84 Å². The maximum Gasteiger partial charge on any atom is 0.339 e. The van der Waals surface area contributed by atoms with Crippen LogP contribution in [-0.4, -0.2) is 31.2 Å². The van der Waals surface area contributed by atoms with E-state index in [1.165, 1.54) is 6.92 Å². The molecule has 1 aromatic carbocycles. The van der Waals surface area contributed by atoms with E-state index < -0.39 is 27.3 Å². The second-order valence-electron chi connectivity index (χ2n) is 3.46. The highest BCUT2D eigenvalue weighted by Crippen LogP contribution is 2.25. The Balaban J connectivity index is 3.33. The number of carbonyl (C=O) groups is 1. The molecule has 0 bridgehead atoms. The first-order valence-corrected chi connectivity index (χ1v) is 6.48. The molecule has 3 N–H and O–H groups in total. The third kappa shape index (κ3) is 2.97. The Kier molecular flexibility index (Phi) is 4.28. The molecule has 0 radical (unpaired) electrons. The number of rotatable bonds is 5. The van der Waals surface area contributed by atoms with Crippen molar-refractivity contribution < 1.29 is 28.3 Å². The summed E-state index contributed by atoms with van der Waals surface area (Å²) >= 11 is 0. The van der Waals surface area contributed by atoms with Crippen LogP contribution in [-0.2, 0) is 14.9 Å². The molecule has 7 nitrogen and oxygen atoms in total. The fourth-order valence-corrected chi connectivity index (χ4v) is 2.43. The molecular formula is C10H13NO6S. The smallest absolute Gasteiger partial charge is 0.339 e. The maximum absolute atomic E-state index is 11.8. The Morgan fingerprint density at radius 2 is 2.06 bits per heavy atom. The zero-order valence-corrected chi connectivity index (χ0v) is 10.6. The second-order valence-corrected chi connectivity index (χ2v) is 5.07. The Morgan fingerprint density at radius 1 is 1.44 bits per heavy atom. The molecule has 0 aliphatic carbocycles.